The van der Waals surface area contributed by atoms with Gasteiger partial charge in [0.1, 0.15) is 6.07 Å². The molecular formula is C15H14N2O. The minimum atomic E-state index is -0.0799. The van der Waals surface area contributed by atoms with Crippen LogP contribution < -0.4 is 0 Å². The quantitative estimate of drug-likeness (QED) is 0.829. The maximum absolute atomic E-state index is 9.48. The summed E-state index contributed by atoms with van der Waals surface area (Å²) < 4.78 is 0. The fraction of sp³-hybridized carbons (Fsp3) is 0.200. The Morgan fingerprint density at radius 3 is 2.28 bits per heavy atom. The topological polar surface area (TPSA) is 56.9 Å². The van der Waals surface area contributed by atoms with E-state index in [4.69, 9.17) is 5.26 Å². The standard InChI is InChI=1S/C15H14N2O/c1-9-4-10(2)15(11(3)5-9)13-6-12(7-16)14(18)8-17-13/h4-6,8,18H,1-3H3. The predicted octanol–water partition coefficient (Wildman–Crippen LogP) is 3.25. The molecule has 0 spiro atoms. The molecule has 0 unspecified atom stereocenters. The maximum atomic E-state index is 9.48. The van der Waals surface area contributed by atoms with Crippen LogP contribution in [0, 0.1) is 32.1 Å². The van der Waals surface area contributed by atoms with E-state index in [-0.39, 0.29) is 11.3 Å². The van der Waals surface area contributed by atoms with Gasteiger partial charge in [-0.05, 0) is 38.0 Å². The Morgan fingerprint density at radius 2 is 1.72 bits per heavy atom. The van der Waals surface area contributed by atoms with Crippen LogP contribution in [-0.4, -0.2) is 10.1 Å². The molecule has 0 aliphatic carbocycles. The monoisotopic (exact) mass is 238 g/mol. The van der Waals surface area contributed by atoms with Crippen LogP contribution in [0.3, 0.4) is 0 Å². The second kappa shape index (κ2) is 4.50. The summed E-state index contributed by atoms with van der Waals surface area (Å²) in [6.07, 6.45) is 1.33. The first-order chi connectivity index (χ1) is 8.52. The van der Waals surface area contributed by atoms with Gasteiger partial charge in [0.2, 0.25) is 0 Å². The van der Waals surface area contributed by atoms with Gasteiger partial charge in [0.05, 0.1) is 17.5 Å². The van der Waals surface area contributed by atoms with Crippen molar-refractivity contribution in [3.8, 4) is 23.1 Å². The highest BCUT2D eigenvalue weighted by molar-refractivity contribution is 5.70. The number of rotatable bonds is 1. The first kappa shape index (κ1) is 12.1. The number of aromatic nitrogens is 1. The van der Waals surface area contributed by atoms with Crippen LogP contribution in [0.15, 0.2) is 24.4 Å². The maximum Gasteiger partial charge on any atom is 0.151 e. The van der Waals surface area contributed by atoms with Gasteiger partial charge in [-0.1, -0.05) is 17.7 Å². The van der Waals surface area contributed by atoms with Crippen LogP contribution in [0.1, 0.15) is 22.3 Å². The lowest BCUT2D eigenvalue weighted by Crippen LogP contribution is -1.93. The largest absolute Gasteiger partial charge is 0.505 e. The zero-order valence-electron chi connectivity index (χ0n) is 10.7. The van der Waals surface area contributed by atoms with Gasteiger partial charge >= 0.3 is 0 Å². The van der Waals surface area contributed by atoms with Crippen molar-refractivity contribution >= 4 is 0 Å². The molecule has 1 aromatic carbocycles. The van der Waals surface area contributed by atoms with Crippen molar-refractivity contribution in [3.05, 3.63) is 46.6 Å². The zero-order chi connectivity index (χ0) is 13.3. The third kappa shape index (κ3) is 2.05. The summed E-state index contributed by atoms with van der Waals surface area (Å²) >= 11 is 0. The number of benzene rings is 1. The van der Waals surface area contributed by atoms with Crippen molar-refractivity contribution in [2.75, 3.05) is 0 Å². The van der Waals surface area contributed by atoms with E-state index in [2.05, 4.69) is 24.0 Å². The molecule has 1 aromatic heterocycles. The number of nitrogens with zero attached hydrogens (tertiary/aromatic N) is 2. The number of hydrogen-bond donors (Lipinski definition) is 1. The van der Waals surface area contributed by atoms with Gasteiger partial charge < -0.3 is 5.11 Å². The molecule has 0 aliphatic heterocycles. The van der Waals surface area contributed by atoms with Crippen LogP contribution in [0.25, 0.3) is 11.3 Å². The van der Waals surface area contributed by atoms with Gasteiger partial charge in [0.25, 0.3) is 0 Å². The van der Waals surface area contributed by atoms with E-state index in [1.807, 2.05) is 19.9 Å². The molecule has 0 bridgehead atoms. The summed E-state index contributed by atoms with van der Waals surface area (Å²) in [5.74, 6) is -0.0799. The SMILES string of the molecule is Cc1cc(C)c(-c2cc(C#N)c(O)cn2)c(C)c1. The lowest BCUT2D eigenvalue weighted by atomic mass is 9.96. The lowest BCUT2D eigenvalue weighted by Gasteiger charge is -2.11. The molecule has 1 heterocycles. The van der Waals surface area contributed by atoms with Gasteiger partial charge in [-0.2, -0.15) is 5.26 Å². The Bertz CT molecular complexity index is 631. The molecule has 3 nitrogen and oxygen atoms in total. The summed E-state index contributed by atoms with van der Waals surface area (Å²) in [5, 5.41) is 18.4. The minimum Gasteiger partial charge on any atom is -0.505 e. The summed E-state index contributed by atoms with van der Waals surface area (Å²) in [7, 11) is 0. The number of hydrogen-bond acceptors (Lipinski definition) is 3. The van der Waals surface area contributed by atoms with Gasteiger partial charge in [-0.3, -0.25) is 4.98 Å². The predicted molar refractivity (Wildman–Crippen MR) is 70.3 cm³/mol. The molecule has 0 aliphatic rings. The number of aromatic hydroxyl groups is 1. The van der Waals surface area contributed by atoms with Crippen LogP contribution in [0.4, 0.5) is 0 Å². The second-order valence-electron chi connectivity index (χ2n) is 4.47. The Balaban J connectivity index is 2.67. The molecule has 0 fully saturated rings. The van der Waals surface area contributed by atoms with Gasteiger partial charge in [0, 0.05) is 5.56 Å². The minimum absolute atomic E-state index is 0.0799. The number of aryl methyl sites for hydroxylation is 3. The van der Waals surface area contributed by atoms with E-state index in [0.29, 0.717) is 0 Å². The van der Waals surface area contributed by atoms with Crippen LogP contribution in [0.2, 0.25) is 0 Å². The van der Waals surface area contributed by atoms with E-state index < -0.39 is 0 Å². The molecule has 18 heavy (non-hydrogen) atoms. The van der Waals surface area contributed by atoms with Gasteiger partial charge in [-0.15, -0.1) is 0 Å². The Labute approximate surface area is 106 Å². The summed E-state index contributed by atoms with van der Waals surface area (Å²) in [6, 6.07) is 7.76. The highest BCUT2D eigenvalue weighted by Crippen LogP contribution is 2.29. The zero-order valence-corrected chi connectivity index (χ0v) is 10.7. The molecule has 0 saturated carbocycles. The third-order valence-electron chi connectivity index (χ3n) is 2.94. The first-order valence-corrected chi connectivity index (χ1v) is 5.70. The highest BCUT2D eigenvalue weighted by Gasteiger charge is 2.10. The van der Waals surface area contributed by atoms with Crippen LogP contribution in [-0.2, 0) is 0 Å². The fourth-order valence-corrected chi connectivity index (χ4v) is 2.26. The fourth-order valence-electron chi connectivity index (χ4n) is 2.26. The molecule has 1 N–H and O–H groups in total. The molecule has 0 radical (unpaired) electrons. The molecule has 90 valence electrons. The van der Waals surface area contributed by atoms with E-state index in [1.54, 1.807) is 6.07 Å². The molecular weight excluding hydrogens is 224 g/mol. The van der Waals surface area contributed by atoms with E-state index in [1.165, 1.54) is 11.8 Å². The molecule has 0 saturated heterocycles. The van der Waals surface area contributed by atoms with Gasteiger partial charge in [0.15, 0.2) is 5.75 Å². The molecule has 0 atom stereocenters. The Kier molecular flexibility index (Phi) is 3.03. The van der Waals surface area contributed by atoms with Crippen molar-refractivity contribution in [1.82, 2.24) is 4.98 Å². The lowest BCUT2D eigenvalue weighted by molar-refractivity contribution is 0.471. The smallest absolute Gasteiger partial charge is 0.151 e. The average Bonchev–Trinajstić information content (AvgIpc) is 2.30. The highest BCUT2D eigenvalue weighted by atomic mass is 16.3. The van der Waals surface area contributed by atoms with Gasteiger partial charge in [-0.25, -0.2) is 0 Å². The first-order valence-electron chi connectivity index (χ1n) is 5.70. The van der Waals surface area contributed by atoms with Crippen LogP contribution >= 0.6 is 0 Å². The third-order valence-corrected chi connectivity index (χ3v) is 2.94. The molecule has 2 aromatic rings. The Hall–Kier alpha value is -2.34. The Morgan fingerprint density at radius 1 is 1.11 bits per heavy atom. The van der Waals surface area contributed by atoms with Crippen LogP contribution in [0.5, 0.6) is 5.75 Å². The second-order valence-corrected chi connectivity index (χ2v) is 4.47. The molecule has 0 amide bonds. The number of pyridine rings is 1. The normalized spacial score (nSPS) is 10.1. The summed E-state index contributed by atoms with van der Waals surface area (Å²) in [4.78, 5) is 4.21. The summed E-state index contributed by atoms with van der Waals surface area (Å²) in [6.45, 7) is 6.10. The molecule has 2 rings (SSSR count). The van der Waals surface area contributed by atoms with Crippen molar-refractivity contribution in [1.29, 1.82) is 5.26 Å². The van der Waals surface area contributed by atoms with E-state index in [0.717, 1.165) is 22.4 Å². The van der Waals surface area contributed by atoms with Crippen molar-refractivity contribution < 1.29 is 5.11 Å². The average molecular weight is 238 g/mol. The van der Waals surface area contributed by atoms with Crippen molar-refractivity contribution in [2.45, 2.75) is 20.8 Å². The summed E-state index contributed by atoms with van der Waals surface area (Å²) in [5.41, 5.74) is 5.44. The van der Waals surface area contributed by atoms with E-state index in [9.17, 15) is 5.11 Å². The van der Waals surface area contributed by atoms with Crippen molar-refractivity contribution in [2.24, 2.45) is 0 Å². The number of nitriles is 1. The molecule has 3 heteroatoms. The van der Waals surface area contributed by atoms with Crippen molar-refractivity contribution in [3.63, 3.8) is 0 Å². The van der Waals surface area contributed by atoms with E-state index >= 15 is 0 Å².